The molecule has 3 aliphatic rings. The van der Waals surface area contributed by atoms with Crippen LogP contribution in [-0.4, -0.2) is 107 Å². The van der Waals surface area contributed by atoms with Crippen LogP contribution >= 0.6 is 11.6 Å². The molecule has 2 N–H and O–H groups in total. The largest absolute Gasteiger partial charge is 0.455 e. The highest BCUT2D eigenvalue weighted by Gasteiger charge is 2.31. The molecule has 1 amide bonds. The lowest BCUT2D eigenvalue weighted by Crippen LogP contribution is -2.47. The standard InChI is InChI=1S/C47H52ClN9O7S2/c1-47(2)16-14-36(42(30-47)33-6-9-37(48)10-7-33)32-55-19-21-56(22-20-55)38-11-13-41(44(28-38)64-39-27-35-15-17-50-45(35)51-31-39)46(58)52-66(62,63)40-12-8-34(43(29-40)57(59)60)5-4-18-54-23-25-65(61,26-24-54)53-49-3/h6-13,15,17,27-29,31H,4-5,14,16,18-26,30,32H2,1-2H3,(H,50,51)(H,52,58). The van der Waals surface area contributed by atoms with Crippen LogP contribution in [0.5, 0.6) is 11.5 Å². The first kappa shape index (κ1) is 46.7. The first-order chi connectivity index (χ1) is 31.6. The zero-order valence-corrected chi connectivity index (χ0v) is 39.3. The number of pyridine rings is 1. The number of ether oxygens (including phenoxy) is 1. The summed E-state index contributed by atoms with van der Waals surface area (Å²) in [6.45, 7) is 17.0. The van der Waals surface area contributed by atoms with Crippen LogP contribution in [0.1, 0.15) is 61.0 Å². The Balaban J connectivity index is 0.972. The maximum absolute atomic E-state index is 14.0. The Labute approximate surface area is 390 Å². The van der Waals surface area contributed by atoms with Crippen molar-refractivity contribution >= 4 is 65.2 Å². The van der Waals surface area contributed by atoms with E-state index in [1.165, 1.54) is 41.1 Å². The SMILES string of the molecule is [C-]#[N+]N=S1(=O)CCN(CCCc2ccc(S(=O)(=O)NC(=O)c3ccc(N4CCN(CC5=C(c6ccc(Cl)cc6)CC(C)(C)CC5)CC4)cc3Oc3cnc4[nH]ccc4c3)cc2[N+](=O)[O-])CC1. The zero-order chi connectivity index (χ0) is 46.6. The number of hydrogen-bond donors (Lipinski definition) is 2. The molecule has 8 rings (SSSR count). The number of hydrogen-bond acceptors (Lipinski definition) is 12. The minimum Gasteiger partial charge on any atom is -0.455 e. The molecule has 3 aromatic carbocycles. The van der Waals surface area contributed by atoms with Crippen LogP contribution in [-0.2, 0) is 26.2 Å². The Kier molecular flexibility index (Phi) is 13.8. The highest BCUT2D eigenvalue weighted by molar-refractivity contribution is 7.93. The number of aromatic nitrogens is 2. The number of benzene rings is 3. The molecule has 0 atom stereocenters. The van der Waals surface area contributed by atoms with Crippen LogP contribution in [0.2, 0.25) is 5.02 Å². The van der Waals surface area contributed by atoms with E-state index in [1.54, 1.807) is 24.4 Å². The van der Waals surface area contributed by atoms with Gasteiger partial charge in [-0.25, -0.2) is 22.3 Å². The molecule has 66 heavy (non-hydrogen) atoms. The number of aromatic amines is 1. The molecule has 346 valence electrons. The molecule has 1 aliphatic carbocycles. The maximum Gasteiger partial charge on any atom is 0.273 e. The van der Waals surface area contributed by atoms with Crippen molar-refractivity contribution < 1.29 is 27.1 Å². The van der Waals surface area contributed by atoms with Crippen molar-refractivity contribution in [1.29, 1.82) is 0 Å². The first-order valence-electron chi connectivity index (χ1n) is 21.9. The summed E-state index contributed by atoms with van der Waals surface area (Å²) in [7, 11) is -7.12. The molecule has 5 aromatic rings. The molecule has 2 aromatic heterocycles. The number of anilines is 1. The number of nitro groups is 1. The maximum atomic E-state index is 14.0. The summed E-state index contributed by atoms with van der Waals surface area (Å²) in [5.74, 6) is 0.0482. The second-order valence-corrected chi connectivity index (χ2v) is 22.5. The molecular weight excluding hydrogens is 902 g/mol. The van der Waals surface area contributed by atoms with Crippen LogP contribution in [0.25, 0.3) is 21.6 Å². The number of allylic oxidation sites excluding steroid dienone is 1. The van der Waals surface area contributed by atoms with Gasteiger partial charge in [0.25, 0.3) is 21.6 Å². The third-order valence-electron chi connectivity index (χ3n) is 12.7. The summed E-state index contributed by atoms with van der Waals surface area (Å²) in [6.07, 6.45) is 7.24. The van der Waals surface area contributed by atoms with Gasteiger partial charge in [-0.15, -0.1) is 4.95 Å². The molecule has 2 fully saturated rings. The smallest absolute Gasteiger partial charge is 0.273 e. The van der Waals surface area contributed by atoms with Crippen LogP contribution < -0.4 is 14.4 Å². The number of carbonyl (C=O) groups excluding carboxylic acids is 1. The Bertz CT molecular complexity index is 2950. The third-order valence-corrected chi connectivity index (χ3v) is 16.3. The average molecular weight is 955 g/mol. The fraction of sp³-hybridized carbons (Fsp3) is 0.383. The molecule has 2 saturated heterocycles. The number of carbonyl (C=O) groups is 1. The number of H-pyrrole nitrogens is 1. The lowest BCUT2D eigenvalue weighted by molar-refractivity contribution is -0.385. The molecule has 0 bridgehead atoms. The molecule has 0 radical (unpaired) electrons. The highest BCUT2D eigenvalue weighted by Crippen LogP contribution is 2.43. The lowest BCUT2D eigenvalue weighted by Gasteiger charge is -2.39. The predicted octanol–water partition coefficient (Wildman–Crippen LogP) is 8.37. The Morgan fingerprint density at radius 3 is 2.52 bits per heavy atom. The normalized spacial score (nSPS) is 17.9. The van der Waals surface area contributed by atoms with Gasteiger partial charge < -0.3 is 19.5 Å². The summed E-state index contributed by atoms with van der Waals surface area (Å²) < 4.78 is 52.1. The average Bonchev–Trinajstić information content (AvgIpc) is 3.76. The lowest BCUT2D eigenvalue weighted by atomic mass is 9.72. The summed E-state index contributed by atoms with van der Waals surface area (Å²) in [5, 5.41) is 13.7. The molecule has 4 heterocycles. The summed E-state index contributed by atoms with van der Waals surface area (Å²) >= 11 is 6.24. The van der Waals surface area contributed by atoms with E-state index < -0.39 is 35.5 Å². The topological polar surface area (TPSA) is 188 Å². The van der Waals surface area contributed by atoms with Gasteiger partial charge in [-0.05, 0) is 97.7 Å². The van der Waals surface area contributed by atoms with Gasteiger partial charge in [0, 0.05) is 85.8 Å². The van der Waals surface area contributed by atoms with Gasteiger partial charge in [-0.2, -0.15) is 6.57 Å². The van der Waals surface area contributed by atoms with Crippen molar-refractivity contribution in [3.63, 3.8) is 0 Å². The second-order valence-electron chi connectivity index (χ2n) is 17.9. The summed E-state index contributed by atoms with van der Waals surface area (Å²) in [5.41, 5.74) is 5.64. The quantitative estimate of drug-likeness (QED) is 0.0619. The van der Waals surface area contributed by atoms with Crippen molar-refractivity contribution in [2.24, 2.45) is 9.89 Å². The number of piperazine rings is 1. The van der Waals surface area contributed by atoms with Crippen LogP contribution in [0.4, 0.5) is 11.4 Å². The zero-order valence-electron chi connectivity index (χ0n) is 36.9. The minimum absolute atomic E-state index is 0.0561. The third kappa shape index (κ3) is 11.0. The fourth-order valence-electron chi connectivity index (χ4n) is 8.94. The number of fused-ring (bicyclic) bond motifs is 1. The molecule has 0 unspecified atom stereocenters. The Morgan fingerprint density at radius 2 is 1.79 bits per heavy atom. The van der Waals surface area contributed by atoms with E-state index in [-0.39, 0.29) is 40.3 Å². The Hall–Kier alpha value is -5.84. The number of nitro benzene ring substituents is 1. The van der Waals surface area contributed by atoms with Crippen molar-refractivity contribution in [3.8, 4) is 11.5 Å². The van der Waals surface area contributed by atoms with Crippen molar-refractivity contribution in [2.75, 3.05) is 68.8 Å². The number of amides is 1. The van der Waals surface area contributed by atoms with Crippen LogP contribution in [0.15, 0.2) is 100 Å². The number of nitrogens with zero attached hydrogens (tertiary/aromatic N) is 7. The van der Waals surface area contributed by atoms with E-state index in [9.17, 15) is 27.5 Å². The molecule has 0 spiro atoms. The minimum atomic E-state index is -4.59. The first-order valence-corrected chi connectivity index (χ1v) is 25.6. The van der Waals surface area contributed by atoms with Gasteiger partial charge in [0.2, 0.25) is 0 Å². The van der Waals surface area contributed by atoms with E-state index in [0.29, 0.717) is 56.1 Å². The summed E-state index contributed by atoms with van der Waals surface area (Å²) in [4.78, 5) is 42.3. The van der Waals surface area contributed by atoms with E-state index in [0.717, 1.165) is 61.1 Å². The van der Waals surface area contributed by atoms with Gasteiger partial charge in [0.15, 0.2) is 0 Å². The summed E-state index contributed by atoms with van der Waals surface area (Å²) in [6, 6.07) is 20.4. The number of rotatable bonds is 14. The number of sulfonamides is 1. The number of aryl methyl sites for hydroxylation is 1. The molecule has 2 aliphatic heterocycles. The van der Waals surface area contributed by atoms with Crippen molar-refractivity contribution in [3.05, 3.63) is 134 Å². The number of halogens is 1. The van der Waals surface area contributed by atoms with E-state index in [4.69, 9.17) is 22.9 Å². The van der Waals surface area contributed by atoms with Crippen molar-refractivity contribution in [1.82, 2.24) is 24.5 Å². The van der Waals surface area contributed by atoms with E-state index >= 15 is 0 Å². The van der Waals surface area contributed by atoms with Gasteiger partial charge in [-0.1, -0.05) is 49.2 Å². The van der Waals surface area contributed by atoms with Gasteiger partial charge >= 0.3 is 0 Å². The van der Waals surface area contributed by atoms with Crippen molar-refractivity contribution in [2.45, 2.75) is 50.8 Å². The fourth-order valence-corrected chi connectivity index (χ4v) is 11.7. The molecule has 0 saturated carbocycles. The Morgan fingerprint density at radius 1 is 1.03 bits per heavy atom. The van der Waals surface area contributed by atoms with E-state index in [2.05, 4.69) is 64.8 Å². The van der Waals surface area contributed by atoms with Gasteiger partial charge in [-0.3, -0.25) is 19.8 Å². The molecular formula is C47H52ClN9O7S2. The van der Waals surface area contributed by atoms with Gasteiger partial charge in [0.05, 0.1) is 33.1 Å². The molecule has 19 heteroatoms. The van der Waals surface area contributed by atoms with Gasteiger partial charge in [0.1, 0.15) is 31.3 Å². The molecule has 16 nitrogen and oxygen atoms in total. The second kappa shape index (κ2) is 19.6. The number of nitrogens with one attached hydrogen (secondary N) is 2. The monoisotopic (exact) mass is 953 g/mol. The van der Waals surface area contributed by atoms with Crippen LogP contribution in [0, 0.1) is 22.1 Å². The highest BCUT2D eigenvalue weighted by atomic mass is 35.5. The van der Waals surface area contributed by atoms with E-state index in [1.807, 2.05) is 18.2 Å². The predicted molar refractivity (Wildman–Crippen MR) is 257 cm³/mol. The van der Waals surface area contributed by atoms with Crippen LogP contribution in [0.3, 0.4) is 0 Å².